The van der Waals surface area contributed by atoms with Gasteiger partial charge in [-0.05, 0) is 54.4 Å². The van der Waals surface area contributed by atoms with Crippen molar-refractivity contribution < 1.29 is 9.66 Å². The SMILES string of the molecule is Cc1cccc(COc2ccc(/C=N/Nc3nc(-c4ccc([N+](=O)[O-])cc4)cs3)cc2)c1. The zero-order chi connectivity index (χ0) is 22.3. The molecule has 0 amide bonds. The van der Waals surface area contributed by atoms with E-state index in [0.717, 1.165) is 28.1 Å². The van der Waals surface area contributed by atoms with E-state index in [1.807, 2.05) is 41.8 Å². The van der Waals surface area contributed by atoms with Crippen molar-refractivity contribution in [2.75, 3.05) is 5.43 Å². The monoisotopic (exact) mass is 444 g/mol. The van der Waals surface area contributed by atoms with Crippen LogP contribution in [-0.2, 0) is 6.61 Å². The summed E-state index contributed by atoms with van der Waals surface area (Å²) in [6, 6.07) is 22.2. The number of benzene rings is 3. The van der Waals surface area contributed by atoms with Crippen LogP contribution in [0.5, 0.6) is 5.75 Å². The molecule has 0 saturated heterocycles. The van der Waals surface area contributed by atoms with E-state index < -0.39 is 4.92 Å². The highest BCUT2D eigenvalue weighted by atomic mass is 32.1. The van der Waals surface area contributed by atoms with Gasteiger partial charge in [0.15, 0.2) is 0 Å². The first kappa shape index (κ1) is 21.2. The lowest BCUT2D eigenvalue weighted by molar-refractivity contribution is -0.384. The van der Waals surface area contributed by atoms with Gasteiger partial charge in [-0.2, -0.15) is 5.10 Å². The molecule has 0 atom stereocenters. The smallest absolute Gasteiger partial charge is 0.269 e. The number of non-ortho nitro benzene ring substituents is 1. The maximum absolute atomic E-state index is 10.8. The summed E-state index contributed by atoms with van der Waals surface area (Å²) in [7, 11) is 0. The number of hydrazone groups is 1. The standard InChI is InChI=1S/C24H20N4O3S/c1-17-3-2-4-19(13-17)15-31-22-11-5-18(6-12-22)14-25-27-24-26-23(16-32-24)20-7-9-21(10-8-20)28(29)30/h2-14,16H,15H2,1H3,(H,26,27)/b25-14+. The molecule has 160 valence electrons. The molecule has 4 rings (SSSR count). The molecule has 0 radical (unpaired) electrons. The summed E-state index contributed by atoms with van der Waals surface area (Å²) in [5.41, 5.74) is 7.79. The Balaban J connectivity index is 1.31. The van der Waals surface area contributed by atoms with Gasteiger partial charge in [-0.1, -0.05) is 29.8 Å². The molecule has 0 saturated carbocycles. The number of nitro groups is 1. The third-order valence-electron chi connectivity index (χ3n) is 4.62. The third-order valence-corrected chi connectivity index (χ3v) is 5.37. The van der Waals surface area contributed by atoms with Gasteiger partial charge in [-0.15, -0.1) is 11.3 Å². The summed E-state index contributed by atoms with van der Waals surface area (Å²) in [5.74, 6) is 0.796. The van der Waals surface area contributed by atoms with E-state index in [0.29, 0.717) is 11.7 Å². The van der Waals surface area contributed by atoms with E-state index in [4.69, 9.17) is 4.74 Å². The Hall–Kier alpha value is -4.04. The topological polar surface area (TPSA) is 89.7 Å². The van der Waals surface area contributed by atoms with Crippen LogP contribution in [0.25, 0.3) is 11.3 Å². The number of anilines is 1. The van der Waals surface area contributed by atoms with Crippen LogP contribution in [0.3, 0.4) is 0 Å². The van der Waals surface area contributed by atoms with Crippen molar-refractivity contribution in [1.29, 1.82) is 0 Å². The first-order valence-corrected chi connectivity index (χ1v) is 10.7. The van der Waals surface area contributed by atoms with E-state index in [2.05, 4.69) is 34.6 Å². The number of aromatic nitrogens is 1. The van der Waals surface area contributed by atoms with Crippen LogP contribution in [0.2, 0.25) is 0 Å². The molecular weight excluding hydrogens is 424 g/mol. The second kappa shape index (κ2) is 9.84. The fraction of sp³-hybridized carbons (Fsp3) is 0.0833. The molecule has 0 aliphatic heterocycles. The first-order valence-electron chi connectivity index (χ1n) is 9.85. The first-order chi connectivity index (χ1) is 15.6. The summed E-state index contributed by atoms with van der Waals surface area (Å²) < 4.78 is 5.84. The number of aryl methyl sites for hydroxylation is 1. The lowest BCUT2D eigenvalue weighted by atomic mass is 10.1. The van der Waals surface area contributed by atoms with Crippen LogP contribution in [0.15, 0.2) is 83.3 Å². The normalized spacial score (nSPS) is 10.9. The summed E-state index contributed by atoms with van der Waals surface area (Å²) in [5, 5.41) is 17.5. The van der Waals surface area contributed by atoms with Gasteiger partial charge in [-0.25, -0.2) is 4.98 Å². The predicted octanol–water partition coefficient (Wildman–Crippen LogP) is 6.05. The number of nitro benzene ring substituents is 1. The number of nitrogens with one attached hydrogen (secondary N) is 1. The number of hydrogen-bond donors (Lipinski definition) is 1. The number of ether oxygens (including phenoxy) is 1. The van der Waals surface area contributed by atoms with Crippen LogP contribution in [-0.4, -0.2) is 16.1 Å². The molecule has 8 heteroatoms. The number of rotatable bonds is 8. The van der Waals surface area contributed by atoms with Gasteiger partial charge in [0.05, 0.1) is 16.8 Å². The number of thiazole rings is 1. The van der Waals surface area contributed by atoms with Crippen molar-refractivity contribution in [2.24, 2.45) is 5.10 Å². The quantitative estimate of drug-likeness (QED) is 0.203. The largest absolute Gasteiger partial charge is 0.489 e. The highest BCUT2D eigenvalue weighted by Crippen LogP contribution is 2.26. The molecular formula is C24H20N4O3S. The van der Waals surface area contributed by atoms with Crippen molar-refractivity contribution >= 4 is 28.4 Å². The highest BCUT2D eigenvalue weighted by molar-refractivity contribution is 7.14. The van der Waals surface area contributed by atoms with E-state index >= 15 is 0 Å². The maximum Gasteiger partial charge on any atom is 0.269 e. The minimum atomic E-state index is -0.421. The van der Waals surface area contributed by atoms with Gasteiger partial charge >= 0.3 is 0 Å². The molecule has 32 heavy (non-hydrogen) atoms. The second-order valence-electron chi connectivity index (χ2n) is 7.06. The molecule has 1 heterocycles. The van der Waals surface area contributed by atoms with E-state index in [9.17, 15) is 10.1 Å². The maximum atomic E-state index is 10.8. The van der Waals surface area contributed by atoms with Crippen LogP contribution in [0.1, 0.15) is 16.7 Å². The summed E-state index contributed by atoms with van der Waals surface area (Å²) >= 11 is 1.41. The molecule has 0 spiro atoms. The Labute approximate surface area is 189 Å². The minimum absolute atomic E-state index is 0.0542. The van der Waals surface area contributed by atoms with Crippen LogP contribution < -0.4 is 10.2 Å². The summed E-state index contributed by atoms with van der Waals surface area (Å²) in [6.45, 7) is 2.59. The van der Waals surface area contributed by atoms with Crippen molar-refractivity contribution in [2.45, 2.75) is 13.5 Å². The Morgan fingerprint density at radius 2 is 1.91 bits per heavy atom. The Kier molecular flexibility index (Phi) is 6.52. The van der Waals surface area contributed by atoms with E-state index in [-0.39, 0.29) is 5.69 Å². The van der Waals surface area contributed by atoms with E-state index in [1.165, 1.54) is 29.0 Å². The van der Waals surface area contributed by atoms with Crippen molar-refractivity contribution in [3.63, 3.8) is 0 Å². The minimum Gasteiger partial charge on any atom is -0.489 e. The van der Waals surface area contributed by atoms with Gasteiger partial charge in [0.2, 0.25) is 5.13 Å². The van der Waals surface area contributed by atoms with Crippen LogP contribution in [0.4, 0.5) is 10.8 Å². The van der Waals surface area contributed by atoms with Gasteiger partial charge in [0.25, 0.3) is 5.69 Å². The van der Waals surface area contributed by atoms with Crippen LogP contribution >= 0.6 is 11.3 Å². The lowest BCUT2D eigenvalue weighted by Crippen LogP contribution is -1.96. The van der Waals surface area contributed by atoms with Gasteiger partial charge < -0.3 is 4.74 Å². The Morgan fingerprint density at radius 1 is 1.12 bits per heavy atom. The third kappa shape index (κ3) is 5.55. The summed E-state index contributed by atoms with van der Waals surface area (Å²) in [4.78, 5) is 14.8. The fourth-order valence-electron chi connectivity index (χ4n) is 2.99. The molecule has 0 fully saturated rings. The molecule has 0 unspecified atom stereocenters. The zero-order valence-corrected chi connectivity index (χ0v) is 18.1. The molecule has 7 nitrogen and oxygen atoms in total. The van der Waals surface area contributed by atoms with E-state index in [1.54, 1.807) is 18.3 Å². The Morgan fingerprint density at radius 3 is 2.62 bits per heavy atom. The average Bonchev–Trinajstić information content (AvgIpc) is 3.28. The van der Waals surface area contributed by atoms with Gasteiger partial charge in [0.1, 0.15) is 12.4 Å². The molecule has 1 N–H and O–H groups in total. The Bertz CT molecular complexity index is 1230. The van der Waals surface area contributed by atoms with Crippen LogP contribution in [0, 0.1) is 17.0 Å². The highest BCUT2D eigenvalue weighted by Gasteiger charge is 2.08. The lowest BCUT2D eigenvalue weighted by Gasteiger charge is -2.07. The van der Waals surface area contributed by atoms with Crippen molar-refractivity contribution in [3.05, 3.63) is 105 Å². The molecule has 0 aliphatic rings. The molecule has 4 aromatic rings. The van der Waals surface area contributed by atoms with Gasteiger partial charge in [0, 0.05) is 23.1 Å². The number of nitrogens with zero attached hydrogens (tertiary/aromatic N) is 3. The molecule has 1 aromatic heterocycles. The van der Waals surface area contributed by atoms with Crippen molar-refractivity contribution in [3.8, 4) is 17.0 Å². The second-order valence-corrected chi connectivity index (χ2v) is 7.92. The molecule has 0 aliphatic carbocycles. The van der Waals surface area contributed by atoms with Crippen molar-refractivity contribution in [1.82, 2.24) is 4.98 Å². The number of hydrogen-bond acceptors (Lipinski definition) is 7. The van der Waals surface area contributed by atoms with Gasteiger partial charge in [-0.3, -0.25) is 15.5 Å². The average molecular weight is 445 g/mol. The molecule has 3 aromatic carbocycles. The fourth-order valence-corrected chi connectivity index (χ4v) is 3.66. The zero-order valence-electron chi connectivity index (χ0n) is 17.3. The summed E-state index contributed by atoms with van der Waals surface area (Å²) in [6.07, 6.45) is 1.71. The predicted molar refractivity (Wildman–Crippen MR) is 127 cm³/mol. The molecule has 0 bridgehead atoms.